The topological polar surface area (TPSA) is 38.5 Å². The lowest BCUT2D eigenvalue weighted by molar-refractivity contribution is 0.449. The van der Waals surface area contributed by atoms with E-state index in [1.54, 1.807) is 0 Å². The van der Waals surface area contributed by atoms with E-state index in [9.17, 15) is 8.42 Å². The van der Waals surface area contributed by atoms with Crippen molar-refractivity contribution in [1.82, 2.24) is 0 Å². The third kappa shape index (κ3) is 4.61. The van der Waals surface area contributed by atoms with Crippen LogP contribution in [0.3, 0.4) is 0 Å². The van der Waals surface area contributed by atoms with Crippen molar-refractivity contribution in [3.63, 3.8) is 0 Å². The summed E-state index contributed by atoms with van der Waals surface area (Å²) < 4.78 is 22.5. The lowest BCUT2D eigenvalue weighted by atomic mass is 9.99. The Hall–Kier alpha value is -0.560. The number of sulfone groups is 1. The Bertz CT molecular complexity index is 418. The normalized spacial score (nSPS) is 30.5. The minimum absolute atomic E-state index is 0.380. The van der Waals surface area contributed by atoms with Gasteiger partial charge in [-0.15, -0.1) is 0 Å². The van der Waals surface area contributed by atoms with Crippen molar-refractivity contribution < 1.29 is 8.42 Å². The molecule has 2 aliphatic rings. The minimum atomic E-state index is -2.71. The van der Waals surface area contributed by atoms with Crippen LogP contribution in [-0.2, 0) is 9.84 Å². The first kappa shape index (κ1) is 13.9. The molecule has 0 bridgehead atoms. The number of nitrogens with zero attached hydrogens (tertiary/aromatic N) is 1. The van der Waals surface area contributed by atoms with E-state index in [0.29, 0.717) is 17.4 Å². The summed E-state index contributed by atoms with van der Waals surface area (Å²) in [4.78, 5) is 4.33. The molecule has 2 atom stereocenters. The summed E-state index contributed by atoms with van der Waals surface area (Å²) in [5.74, 6) is 3.17. The second kappa shape index (κ2) is 6.06. The van der Waals surface area contributed by atoms with E-state index >= 15 is 0 Å². The van der Waals surface area contributed by atoms with Crippen molar-refractivity contribution in [3.05, 3.63) is 4.85 Å². The van der Waals surface area contributed by atoms with Crippen molar-refractivity contribution in [2.24, 2.45) is 17.8 Å². The standard InChI is InChI=1S/C14H24NO2S/c1-12-11-14(12)3-2-7-15-8-4-13-5-9-18(16,17)10-6-13/h12-14H,2-6,8-11H2,1H3/q+1/t12-,14-/m0/s1. The molecule has 0 N–H and O–H groups in total. The van der Waals surface area contributed by atoms with Gasteiger partial charge in [0.05, 0.1) is 17.9 Å². The van der Waals surface area contributed by atoms with Crippen LogP contribution in [0.1, 0.15) is 45.4 Å². The van der Waals surface area contributed by atoms with Crippen molar-refractivity contribution in [2.45, 2.75) is 45.4 Å². The second-order valence-corrected chi connectivity index (χ2v) is 8.24. The van der Waals surface area contributed by atoms with Gasteiger partial charge in [-0.05, 0) is 43.4 Å². The molecule has 4 heteroatoms. The highest BCUT2D eigenvalue weighted by molar-refractivity contribution is 7.91. The van der Waals surface area contributed by atoms with Crippen molar-refractivity contribution in [3.8, 4) is 6.07 Å². The highest BCUT2D eigenvalue weighted by atomic mass is 32.2. The van der Waals surface area contributed by atoms with E-state index in [0.717, 1.165) is 44.1 Å². The summed E-state index contributed by atoms with van der Waals surface area (Å²) in [6, 6.07) is 3.14. The zero-order valence-electron chi connectivity index (χ0n) is 11.3. The number of hydrogen-bond acceptors (Lipinski definition) is 2. The summed E-state index contributed by atoms with van der Waals surface area (Å²) in [5.41, 5.74) is 0. The quantitative estimate of drug-likeness (QED) is 0.787. The van der Waals surface area contributed by atoms with Gasteiger partial charge in [-0.2, -0.15) is 0 Å². The van der Waals surface area contributed by atoms with E-state index in [2.05, 4.69) is 17.8 Å². The van der Waals surface area contributed by atoms with Crippen LogP contribution < -0.4 is 0 Å². The molecule has 1 saturated heterocycles. The van der Waals surface area contributed by atoms with Gasteiger partial charge in [0.1, 0.15) is 9.84 Å². The van der Waals surface area contributed by atoms with E-state index < -0.39 is 9.84 Å². The Balaban J connectivity index is 1.54. The molecule has 2 rings (SSSR count). The average Bonchev–Trinajstić information content (AvgIpc) is 3.01. The molecule has 0 unspecified atom stereocenters. The van der Waals surface area contributed by atoms with E-state index in [-0.39, 0.29) is 0 Å². The summed E-state index contributed by atoms with van der Waals surface area (Å²) in [6.07, 6.45) is 6.32. The molecule has 1 aliphatic heterocycles. The molecule has 1 aliphatic carbocycles. The van der Waals surface area contributed by atoms with Crippen LogP contribution in [0.15, 0.2) is 0 Å². The SMILES string of the molecule is C[C@H]1C[C@@H]1CCC#[N+]CCC1CCS(=O)(=O)CC1. The predicted molar refractivity (Wildman–Crippen MR) is 74.6 cm³/mol. The molecule has 0 aromatic carbocycles. The fourth-order valence-electron chi connectivity index (χ4n) is 2.68. The van der Waals surface area contributed by atoms with Crippen LogP contribution in [0, 0.1) is 23.8 Å². The smallest absolute Gasteiger partial charge is 0.229 e. The first-order chi connectivity index (χ1) is 8.57. The van der Waals surface area contributed by atoms with E-state index in [1.165, 1.54) is 12.8 Å². The van der Waals surface area contributed by atoms with Crippen LogP contribution in [-0.4, -0.2) is 26.5 Å². The highest BCUT2D eigenvalue weighted by Gasteiger charge is 2.31. The predicted octanol–water partition coefficient (Wildman–Crippen LogP) is 2.97. The molecule has 0 aromatic rings. The lowest BCUT2D eigenvalue weighted by Crippen LogP contribution is -2.23. The van der Waals surface area contributed by atoms with Crippen LogP contribution >= 0.6 is 0 Å². The van der Waals surface area contributed by atoms with Gasteiger partial charge in [-0.1, -0.05) is 11.8 Å². The fraction of sp³-hybridized carbons (Fsp3) is 0.929. The van der Waals surface area contributed by atoms with Gasteiger partial charge < -0.3 is 0 Å². The Morgan fingerprint density at radius 1 is 1.22 bits per heavy atom. The van der Waals surface area contributed by atoms with Crippen molar-refractivity contribution in [2.75, 3.05) is 18.1 Å². The third-order valence-corrected chi connectivity index (χ3v) is 6.05. The summed E-state index contributed by atoms with van der Waals surface area (Å²) >= 11 is 0. The molecular weight excluding hydrogens is 246 g/mol. The molecule has 3 nitrogen and oxygen atoms in total. The average molecular weight is 270 g/mol. The maximum atomic E-state index is 11.3. The minimum Gasteiger partial charge on any atom is -0.229 e. The second-order valence-electron chi connectivity index (χ2n) is 5.94. The highest BCUT2D eigenvalue weighted by Crippen LogP contribution is 2.41. The number of rotatable bonds is 4. The molecular formula is C14H24NO2S+. The maximum absolute atomic E-state index is 11.3. The molecule has 0 radical (unpaired) electrons. The maximum Gasteiger partial charge on any atom is 0.272 e. The lowest BCUT2D eigenvalue weighted by Gasteiger charge is -2.19. The fourth-order valence-corrected chi connectivity index (χ4v) is 4.27. The van der Waals surface area contributed by atoms with Gasteiger partial charge in [0, 0.05) is 6.42 Å². The van der Waals surface area contributed by atoms with Crippen LogP contribution in [0.5, 0.6) is 0 Å². The molecule has 1 heterocycles. The molecule has 0 aromatic heterocycles. The molecule has 0 amide bonds. The van der Waals surface area contributed by atoms with Crippen LogP contribution in [0.4, 0.5) is 0 Å². The Morgan fingerprint density at radius 2 is 1.89 bits per heavy atom. The van der Waals surface area contributed by atoms with Crippen molar-refractivity contribution >= 4 is 9.84 Å². The largest absolute Gasteiger partial charge is 0.272 e. The van der Waals surface area contributed by atoms with Gasteiger partial charge in [-0.3, -0.25) is 0 Å². The molecule has 1 saturated carbocycles. The van der Waals surface area contributed by atoms with Crippen LogP contribution in [0.25, 0.3) is 4.85 Å². The third-order valence-electron chi connectivity index (χ3n) is 4.34. The molecule has 0 spiro atoms. The van der Waals surface area contributed by atoms with E-state index in [1.807, 2.05) is 0 Å². The molecule has 102 valence electrons. The summed E-state index contributed by atoms with van der Waals surface area (Å²) in [6.45, 7) is 3.13. The molecule has 18 heavy (non-hydrogen) atoms. The van der Waals surface area contributed by atoms with E-state index in [4.69, 9.17) is 0 Å². The van der Waals surface area contributed by atoms with Gasteiger partial charge in [-0.25, -0.2) is 8.42 Å². The van der Waals surface area contributed by atoms with Gasteiger partial charge in [0.2, 0.25) is 0 Å². The van der Waals surface area contributed by atoms with Crippen molar-refractivity contribution in [1.29, 1.82) is 0 Å². The van der Waals surface area contributed by atoms with Gasteiger partial charge >= 0.3 is 0 Å². The Morgan fingerprint density at radius 3 is 2.50 bits per heavy atom. The zero-order chi connectivity index (χ0) is 13.0. The first-order valence-corrected chi connectivity index (χ1v) is 8.99. The van der Waals surface area contributed by atoms with Gasteiger partial charge in [0.25, 0.3) is 12.6 Å². The Labute approximate surface area is 111 Å². The Kier molecular flexibility index (Phi) is 4.66. The monoisotopic (exact) mass is 270 g/mol. The van der Waals surface area contributed by atoms with Gasteiger partial charge in [0.15, 0.2) is 0 Å². The summed E-state index contributed by atoms with van der Waals surface area (Å²) in [5, 5.41) is 0. The van der Waals surface area contributed by atoms with Crippen LogP contribution in [0.2, 0.25) is 0 Å². The zero-order valence-corrected chi connectivity index (χ0v) is 12.1. The first-order valence-electron chi connectivity index (χ1n) is 7.16. The number of hydrogen-bond donors (Lipinski definition) is 0. The molecule has 2 fully saturated rings. The summed E-state index contributed by atoms with van der Waals surface area (Å²) in [7, 11) is -2.71.